The van der Waals surface area contributed by atoms with Crippen molar-refractivity contribution >= 4 is 5.97 Å². The first-order valence-corrected chi connectivity index (χ1v) is 7.03. The molecule has 3 heteroatoms. The molecule has 1 saturated carbocycles. The average Bonchev–Trinajstić information content (AvgIpc) is 2.68. The Kier molecular flexibility index (Phi) is 2.60. The van der Waals surface area contributed by atoms with E-state index in [0.29, 0.717) is 5.92 Å². The predicted molar refractivity (Wildman–Crippen MR) is 67.8 cm³/mol. The van der Waals surface area contributed by atoms with E-state index in [0.717, 1.165) is 32.1 Å². The van der Waals surface area contributed by atoms with Crippen LogP contribution in [0.3, 0.4) is 0 Å². The summed E-state index contributed by atoms with van der Waals surface area (Å²) in [5.41, 5.74) is 0.605. The number of aliphatic hydroxyl groups excluding tert-OH is 1. The van der Waals surface area contributed by atoms with E-state index < -0.39 is 5.41 Å². The molecule has 0 bridgehead atoms. The lowest BCUT2D eigenvalue weighted by Crippen LogP contribution is -2.58. The Bertz CT molecular complexity index is 414. The van der Waals surface area contributed by atoms with E-state index in [2.05, 4.69) is 19.9 Å². The highest BCUT2D eigenvalue weighted by atomic mass is 16.5. The largest absolute Gasteiger partial charge is 0.457 e. The summed E-state index contributed by atoms with van der Waals surface area (Å²) in [5.74, 6) is 0.214. The summed E-state index contributed by atoms with van der Waals surface area (Å²) in [7, 11) is 0. The Hall–Kier alpha value is -0.830. The van der Waals surface area contributed by atoms with Gasteiger partial charge in [-0.15, -0.1) is 0 Å². The van der Waals surface area contributed by atoms with Crippen LogP contribution >= 0.6 is 0 Å². The second kappa shape index (κ2) is 3.83. The SMILES string of the molecule is CC1=CC2OC(=O)C3(CO)CCCC3(C)C2CC1. The third-order valence-corrected chi connectivity index (χ3v) is 5.81. The quantitative estimate of drug-likeness (QED) is 0.574. The van der Waals surface area contributed by atoms with Crippen LogP contribution in [0.15, 0.2) is 11.6 Å². The molecule has 0 radical (unpaired) electrons. The van der Waals surface area contributed by atoms with Crippen LogP contribution in [0.5, 0.6) is 0 Å². The lowest BCUT2D eigenvalue weighted by molar-refractivity contribution is -0.200. The normalized spacial score (nSPS) is 47.1. The Morgan fingerprint density at radius 3 is 3.00 bits per heavy atom. The molecule has 4 unspecified atom stereocenters. The van der Waals surface area contributed by atoms with Crippen LogP contribution in [0, 0.1) is 16.7 Å². The number of hydrogen-bond acceptors (Lipinski definition) is 3. The molecule has 4 atom stereocenters. The van der Waals surface area contributed by atoms with Gasteiger partial charge >= 0.3 is 5.97 Å². The monoisotopic (exact) mass is 250 g/mol. The van der Waals surface area contributed by atoms with Crippen molar-refractivity contribution in [2.24, 2.45) is 16.7 Å². The Labute approximate surface area is 108 Å². The molecule has 2 fully saturated rings. The summed E-state index contributed by atoms with van der Waals surface area (Å²) in [6.07, 6.45) is 7.08. The zero-order chi connectivity index (χ0) is 13.0. The van der Waals surface area contributed by atoms with Crippen molar-refractivity contribution in [3.63, 3.8) is 0 Å². The predicted octanol–water partition coefficient (Wildman–Crippen LogP) is 2.44. The van der Waals surface area contributed by atoms with Gasteiger partial charge in [0.15, 0.2) is 0 Å². The number of carbonyl (C=O) groups excluding carboxylic acids is 1. The van der Waals surface area contributed by atoms with Gasteiger partial charge in [-0.05, 0) is 44.1 Å². The van der Waals surface area contributed by atoms with E-state index in [9.17, 15) is 9.90 Å². The number of esters is 1. The minimum Gasteiger partial charge on any atom is -0.457 e. The number of allylic oxidation sites excluding steroid dienone is 1. The molecule has 3 nitrogen and oxygen atoms in total. The fourth-order valence-electron chi connectivity index (χ4n) is 4.54. The van der Waals surface area contributed by atoms with Crippen molar-refractivity contribution in [1.29, 1.82) is 0 Å². The van der Waals surface area contributed by atoms with E-state index in [4.69, 9.17) is 4.74 Å². The Morgan fingerprint density at radius 1 is 1.50 bits per heavy atom. The molecular weight excluding hydrogens is 228 g/mol. The van der Waals surface area contributed by atoms with Crippen molar-refractivity contribution in [2.45, 2.75) is 52.1 Å². The maximum absolute atomic E-state index is 12.4. The minimum absolute atomic E-state index is 0.0611. The smallest absolute Gasteiger partial charge is 0.315 e. The molecule has 1 N–H and O–H groups in total. The standard InChI is InChI=1S/C15H22O3/c1-10-4-5-11-12(8-10)18-13(17)15(9-16)7-3-6-14(11,15)2/h8,11-12,16H,3-7,9H2,1-2H3. The van der Waals surface area contributed by atoms with Crippen LogP contribution in [0.2, 0.25) is 0 Å². The summed E-state index contributed by atoms with van der Waals surface area (Å²) < 4.78 is 5.66. The summed E-state index contributed by atoms with van der Waals surface area (Å²) in [6.45, 7) is 4.24. The van der Waals surface area contributed by atoms with Gasteiger partial charge in [-0.1, -0.05) is 18.9 Å². The fourth-order valence-corrected chi connectivity index (χ4v) is 4.54. The molecule has 100 valence electrons. The molecule has 1 heterocycles. The van der Waals surface area contributed by atoms with Crippen LogP contribution < -0.4 is 0 Å². The van der Waals surface area contributed by atoms with Crippen LogP contribution in [0.1, 0.15) is 46.0 Å². The van der Waals surface area contributed by atoms with Crippen LogP contribution in [-0.2, 0) is 9.53 Å². The first kappa shape index (κ1) is 12.2. The molecular formula is C15H22O3. The van der Waals surface area contributed by atoms with Crippen LogP contribution in [0.4, 0.5) is 0 Å². The van der Waals surface area contributed by atoms with Gasteiger partial charge in [0.05, 0.1) is 12.0 Å². The van der Waals surface area contributed by atoms with E-state index in [-0.39, 0.29) is 24.1 Å². The van der Waals surface area contributed by atoms with Gasteiger partial charge in [0.1, 0.15) is 6.10 Å². The highest BCUT2D eigenvalue weighted by molar-refractivity contribution is 5.80. The molecule has 3 rings (SSSR count). The number of aliphatic hydroxyl groups is 1. The molecule has 0 amide bonds. The lowest BCUT2D eigenvalue weighted by atomic mass is 9.55. The maximum atomic E-state index is 12.4. The number of fused-ring (bicyclic) bond motifs is 3. The Balaban J connectivity index is 2.05. The zero-order valence-electron chi connectivity index (χ0n) is 11.2. The molecule has 0 aromatic heterocycles. The summed E-state index contributed by atoms with van der Waals surface area (Å²) in [5, 5.41) is 9.81. The summed E-state index contributed by atoms with van der Waals surface area (Å²) in [4.78, 5) is 12.4. The average molecular weight is 250 g/mol. The number of ether oxygens (including phenoxy) is 1. The molecule has 0 spiro atoms. The van der Waals surface area contributed by atoms with Gasteiger partial charge in [-0.3, -0.25) is 4.79 Å². The van der Waals surface area contributed by atoms with Gasteiger partial charge in [0.2, 0.25) is 0 Å². The molecule has 0 aromatic carbocycles. The number of carbonyl (C=O) groups is 1. The minimum atomic E-state index is -0.632. The molecule has 2 aliphatic carbocycles. The number of rotatable bonds is 1. The molecule has 1 aliphatic heterocycles. The molecule has 18 heavy (non-hydrogen) atoms. The van der Waals surface area contributed by atoms with Gasteiger partial charge in [-0.25, -0.2) is 0 Å². The van der Waals surface area contributed by atoms with E-state index in [1.54, 1.807) is 0 Å². The first-order valence-electron chi connectivity index (χ1n) is 7.03. The third kappa shape index (κ3) is 1.31. The van der Waals surface area contributed by atoms with Crippen LogP contribution in [-0.4, -0.2) is 23.8 Å². The van der Waals surface area contributed by atoms with E-state index in [1.165, 1.54) is 5.57 Å². The fraction of sp³-hybridized carbons (Fsp3) is 0.800. The molecule has 0 aromatic rings. The van der Waals surface area contributed by atoms with E-state index in [1.807, 2.05) is 0 Å². The molecule has 3 aliphatic rings. The van der Waals surface area contributed by atoms with Gasteiger partial charge in [0.25, 0.3) is 0 Å². The van der Waals surface area contributed by atoms with Crippen molar-refractivity contribution in [2.75, 3.05) is 6.61 Å². The highest BCUT2D eigenvalue weighted by Gasteiger charge is 2.65. The molecule has 1 saturated heterocycles. The van der Waals surface area contributed by atoms with Crippen molar-refractivity contribution in [3.8, 4) is 0 Å². The van der Waals surface area contributed by atoms with Crippen molar-refractivity contribution < 1.29 is 14.6 Å². The number of hydrogen-bond donors (Lipinski definition) is 1. The van der Waals surface area contributed by atoms with Crippen molar-refractivity contribution in [1.82, 2.24) is 0 Å². The van der Waals surface area contributed by atoms with Crippen LogP contribution in [0.25, 0.3) is 0 Å². The third-order valence-electron chi connectivity index (χ3n) is 5.81. The Morgan fingerprint density at radius 2 is 2.28 bits per heavy atom. The second-order valence-electron chi connectivity index (χ2n) is 6.54. The second-order valence-corrected chi connectivity index (χ2v) is 6.54. The van der Waals surface area contributed by atoms with Gasteiger partial charge in [0, 0.05) is 5.92 Å². The summed E-state index contributed by atoms with van der Waals surface area (Å²) >= 11 is 0. The first-order chi connectivity index (χ1) is 8.53. The summed E-state index contributed by atoms with van der Waals surface area (Å²) in [6, 6.07) is 0. The zero-order valence-corrected chi connectivity index (χ0v) is 11.2. The van der Waals surface area contributed by atoms with Gasteiger partial charge in [-0.2, -0.15) is 0 Å². The lowest BCUT2D eigenvalue weighted by Gasteiger charge is -2.53. The topological polar surface area (TPSA) is 46.5 Å². The van der Waals surface area contributed by atoms with Gasteiger partial charge < -0.3 is 9.84 Å². The maximum Gasteiger partial charge on any atom is 0.315 e. The van der Waals surface area contributed by atoms with E-state index >= 15 is 0 Å². The van der Waals surface area contributed by atoms with Crippen molar-refractivity contribution in [3.05, 3.63) is 11.6 Å². The highest BCUT2D eigenvalue weighted by Crippen LogP contribution is 2.62.